The molecule has 1 aliphatic carbocycles. The van der Waals surface area contributed by atoms with Crippen LogP contribution in [0.15, 0.2) is 36.5 Å². The molecule has 0 aromatic heterocycles. The molecule has 2 rings (SSSR count). The molecule has 13 heavy (non-hydrogen) atoms. The maximum atomic E-state index is 9.44. The molecule has 2 heteroatoms. The number of pyridine rings is 1. The second-order valence-corrected chi connectivity index (χ2v) is 2.97. The molecule has 0 saturated heterocycles. The molecule has 0 radical (unpaired) electrons. The Hall–Kier alpha value is -1.57. The van der Waals surface area contributed by atoms with Crippen LogP contribution in [0.5, 0.6) is 0 Å². The number of H-pyrrole nitrogens is 1. The Bertz CT molecular complexity index is 320. The average Bonchev–Trinajstić information content (AvgIpc) is 2.49. The van der Waals surface area contributed by atoms with Crippen molar-refractivity contribution >= 4 is 5.78 Å². The summed E-state index contributed by atoms with van der Waals surface area (Å²) in [5.41, 5.74) is 2.48. The fraction of sp³-hybridized carbons (Fsp3) is 0.182. The molecule has 68 valence electrons. The highest BCUT2D eigenvalue weighted by Gasteiger charge is 1.95. The van der Waals surface area contributed by atoms with Crippen molar-refractivity contribution in [1.82, 2.24) is 4.98 Å². The van der Waals surface area contributed by atoms with E-state index in [9.17, 15) is 4.79 Å². The van der Waals surface area contributed by atoms with E-state index in [2.05, 4.69) is 23.2 Å². The van der Waals surface area contributed by atoms with Crippen molar-refractivity contribution in [3.63, 3.8) is 0 Å². The normalized spacial score (nSPS) is 9.08. The average molecular weight is 175 g/mol. The SMILES string of the molecule is CC(C)=O.c1c[nH]c2cccc-2c1. The van der Waals surface area contributed by atoms with E-state index in [1.807, 2.05) is 18.3 Å². The van der Waals surface area contributed by atoms with Gasteiger partial charge < -0.3 is 9.78 Å². The van der Waals surface area contributed by atoms with E-state index >= 15 is 0 Å². The van der Waals surface area contributed by atoms with Gasteiger partial charge in [0.05, 0.1) is 0 Å². The summed E-state index contributed by atoms with van der Waals surface area (Å²) in [5.74, 6) is 0.167. The van der Waals surface area contributed by atoms with Gasteiger partial charge in [-0.25, -0.2) is 0 Å². The van der Waals surface area contributed by atoms with Gasteiger partial charge in [0, 0.05) is 11.9 Å². The third-order valence-corrected chi connectivity index (χ3v) is 1.46. The van der Waals surface area contributed by atoms with E-state index in [4.69, 9.17) is 0 Å². The number of hydrogen-bond donors (Lipinski definition) is 1. The van der Waals surface area contributed by atoms with Crippen molar-refractivity contribution in [1.29, 1.82) is 0 Å². The molecule has 0 fully saturated rings. The number of carbonyl (C=O) groups excluding carboxylic acids is 1. The molecule has 0 aromatic carbocycles. The number of fused-ring (bicyclic) bond motifs is 1. The Kier molecular flexibility index (Phi) is 3.26. The van der Waals surface area contributed by atoms with Gasteiger partial charge in [-0.05, 0) is 31.5 Å². The largest absolute Gasteiger partial charge is 0.361 e. The minimum atomic E-state index is 0.167. The highest BCUT2D eigenvalue weighted by molar-refractivity contribution is 5.72. The number of rotatable bonds is 0. The van der Waals surface area contributed by atoms with Gasteiger partial charge in [-0.2, -0.15) is 0 Å². The van der Waals surface area contributed by atoms with Crippen molar-refractivity contribution in [2.75, 3.05) is 0 Å². The molecule has 0 atom stereocenters. The van der Waals surface area contributed by atoms with Crippen LogP contribution in [0.2, 0.25) is 0 Å². The van der Waals surface area contributed by atoms with E-state index in [1.165, 1.54) is 25.1 Å². The topological polar surface area (TPSA) is 32.9 Å². The molecule has 0 saturated carbocycles. The highest BCUT2D eigenvalue weighted by atomic mass is 16.1. The standard InChI is InChI=1S/C8H7N.C3H6O/c1-3-7-4-2-6-9-8(7)5-1;1-3(2)4/h1-6,9H;1-2H3. The molecule has 1 N–H and O–H groups in total. The van der Waals surface area contributed by atoms with Gasteiger partial charge in [0.15, 0.2) is 0 Å². The summed E-state index contributed by atoms with van der Waals surface area (Å²) in [5, 5.41) is 0. The number of aromatic nitrogens is 1. The van der Waals surface area contributed by atoms with Crippen molar-refractivity contribution in [2.45, 2.75) is 13.8 Å². The van der Waals surface area contributed by atoms with Gasteiger partial charge in [-0.15, -0.1) is 0 Å². The highest BCUT2D eigenvalue weighted by Crippen LogP contribution is 2.17. The van der Waals surface area contributed by atoms with Crippen LogP contribution in [-0.4, -0.2) is 10.8 Å². The van der Waals surface area contributed by atoms with Crippen molar-refractivity contribution in [3.05, 3.63) is 36.5 Å². The molecule has 1 heterocycles. The maximum Gasteiger partial charge on any atom is 0.126 e. The third-order valence-electron chi connectivity index (χ3n) is 1.46. The van der Waals surface area contributed by atoms with Gasteiger partial charge in [0.25, 0.3) is 0 Å². The van der Waals surface area contributed by atoms with Gasteiger partial charge in [-0.1, -0.05) is 18.2 Å². The van der Waals surface area contributed by atoms with E-state index in [-0.39, 0.29) is 5.78 Å². The van der Waals surface area contributed by atoms with E-state index in [0.717, 1.165) is 0 Å². The van der Waals surface area contributed by atoms with Crippen LogP contribution in [0, 0.1) is 0 Å². The van der Waals surface area contributed by atoms with Gasteiger partial charge in [-0.3, -0.25) is 0 Å². The van der Waals surface area contributed by atoms with Crippen molar-refractivity contribution < 1.29 is 4.79 Å². The first-order valence-corrected chi connectivity index (χ1v) is 4.19. The van der Waals surface area contributed by atoms with Crippen LogP contribution in [0.1, 0.15) is 13.8 Å². The van der Waals surface area contributed by atoms with Gasteiger partial charge in [0.1, 0.15) is 5.78 Å². The lowest BCUT2D eigenvalue weighted by atomic mass is 10.2. The predicted octanol–water partition coefficient (Wildman–Crippen LogP) is 2.71. The molecule has 0 aromatic rings. The number of carbonyl (C=O) groups is 1. The van der Waals surface area contributed by atoms with E-state index in [0.29, 0.717) is 0 Å². The summed E-state index contributed by atoms with van der Waals surface area (Å²) in [7, 11) is 0. The summed E-state index contributed by atoms with van der Waals surface area (Å²) in [6, 6.07) is 10.3. The van der Waals surface area contributed by atoms with E-state index in [1.54, 1.807) is 0 Å². The second kappa shape index (κ2) is 4.45. The molecule has 0 spiro atoms. The molecule has 1 aliphatic heterocycles. The van der Waals surface area contributed by atoms with Crippen LogP contribution in [-0.2, 0) is 4.79 Å². The monoisotopic (exact) mass is 175 g/mol. The Morgan fingerprint density at radius 3 is 2.38 bits per heavy atom. The first-order chi connectivity index (χ1) is 6.20. The molecule has 2 nitrogen and oxygen atoms in total. The predicted molar refractivity (Wildman–Crippen MR) is 53.8 cm³/mol. The number of Topliss-reactive ketones (excluding diaryl/α,β-unsaturated/α-hetero) is 1. The minimum absolute atomic E-state index is 0.167. The summed E-state index contributed by atoms with van der Waals surface area (Å²) in [6.07, 6.45) is 1.93. The van der Waals surface area contributed by atoms with Gasteiger partial charge >= 0.3 is 0 Å². The Balaban J connectivity index is 0.000000184. The zero-order chi connectivity index (χ0) is 9.68. The Morgan fingerprint density at radius 2 is 1.77 bits per heavy atom. The first kappa shape index (κ1) is 9.52. The lowest BCUT2D eigenvalue weighted by molar-refractivity contribution is -0.114. The van der Waals surface area contributed by atoms with E-state index < -0.39 is 0 Å². The summed E-state index contributed by atoms with van der Waals surface area (Å²) in [4.78, 5) is 12.6. The lowest BCUT2D eigenvalue weighted by Gasteiger charge is -1.93. The smallest absolute Gasteiger partial charge is 0.126 e. The maximum absolute atomic E-state index is 9.44. The molecule has 0 unspecified atom stereocenters. The summed E-state index contributed by atoms with van der Waals surface area (Å²) < 4.78 is 0. The van der Waals surface area contributed by atoms with Crippen LogP contribution in [0.3, 0.4) is 0 Å². The molecular formula is C11H13NO. The number of nitrogens with one attached hydrogen (secondary N) is 1. The number of hydrogen-bond acceptors (Lipinski definition) is 1. The zero-order valence-corrected chi connectivity index (χ0v) is 7.87. The molecule has 2 aliphatic rings. The number of ketones is 1. The Morgan fingerprint density at radius 1 is 1.15 bits per heavy atom. The lowest BCUT2D eigenvalue weighted by Crippen LogP contribution is -1.74. The molecule has 0 amide bonds. The van der Waals surface area contributed by atoms with Crippen molar-refractivity contribution in [3.8, 4) is 11.3 Å². The zero-order valence-electron chi connectivity index (χ0n) is 7.87. The van der Waals surface area contributed by atoms with Gasteiger partial charge in [0.2, 0.25) is 0 Å². The summed E-state index contributed by atoms with van der Waals surface area (Å²) >= 11 is 0. The van der Waals surface area contributed by atoms with Crippen LogP contribution < -0.4 is 0 Å². The minimum Gasteiger partial charge on any atom is -0.361 e. The quantitative estimate of drug-likeness (QED) is 0.656. The fourth-order valence-corrected chi connectivity index (χ4v) is 1.00. The Labute approximate surface area is 77.9 Å². The second-order valence-electron chi connectivity index (χ2n) is 2.97. The molecule has 0 bridgehead atoms. The fourth-order valence-electron chi connectivity index (χ4n) is 1.00. The van der Waals surface area contributed by atoms with Crippen molar-refractivity contribution in [2.24, 2.45) is 0 Å². The third kappa shape index (κ3) is 3.11. The van der Waals surface area contributed by atoms with Crippen LogP contribution >= 0.6 is 0 Å². The number of aromatic amines is 1. The molecular weight excluding hydrogens is 162 g/mol. The van der Waals surface area contributed by atoms with Crippen LogP contribution in [0.4, 0.5) is 0 Å². The van der Waals surface area contributed by atoms with Crippen LogP contribution in [0.25, 0.3) is 11.3 Å². The summed E-state index contributed by atoms with van der Waals surface area (Å²) in [6.45, 7) is 3.06. The first-order valence-electron chi connectivity index (χ1n) is 4.19.